The Morgan fingerprint density at radius 1 is 1.35 bits per heavy atom. The van der Waals surface area contributed by atoms with Gasteiger partial charge in [-0.3, -0.25) is 0 Å². The molecule has 0 saturated carbocycles. The van der Waals surface area contributed by atoms with Gasteiger partial charge in [-0.25, -0.2) is 17.5 Å². The summed E-state index contributed by atoms with van der Waals surface area (Å²) in [5, 5.41) is 0.0869. The molecule has 20 heavy (non-hydrogen) atoms. The lowest BCUT2D eigenvalue weighted by Crippen LogP contribution is -2.33. The van der Waals surface area contributed by atoms with E-state index in [9.17, 15) is 12.8 Å². The van der Waals surface area contributed by atoms with Crippen molar-refractivity contribution in [1.29, 1.82) is 0 Å². The lowest BCUT2D eigenvalue weighted by molar-refractivity contribution is 0.344. The average Bonchev–Trinajstić information content (AvgIpc) is 2.86. The molecule has 1 fully saturated rings. The highest BCUT2D eigenvalue weighted by molar-refractivity contribution is 7.89. The van der Waals surface area contributed by atoms with Crippen LogP contribution < -0.4 is 10.5 Å². The van der Waals surface area contributed by atoms with E-state index in [-0.39, 0.29) is 17.3 Å². The van der Waals surface area contributed by atoms with Gasteiger partial charge in [0.1, 0.15) is 4.90 Å². The van der Waals surface area contributed by atoms with Gasteiger partial charge in [0.2, 0.25) is 10.0 Å². The molecular weight excluding hydrogens is 305 g/mol. The maximum absolute atomic E-state index is 13.8. The van der Waals surface area contributed by atoms with E-state index in [1.165, 1.54) is 6.07 Å². The van der Waals surface area contributed by atoms with Crippen LogP contribution in [0.1, 0.15) is 12.8 Å². The van der Waals surface area contributed by atoms with Crippen molar-refractivity contribution < 1.29 is 12.8 Å². The summed E-state index contributed by atoms with van der Waals surface area (Å²) in [6, 6.07) is 2.24. The van der Waals surface area contributed by atoms with Crippen LogP contribution >= 0.6 is 11.6 Å². The van der Waals surface area contributed by atoms with Crippen LogP contribution in [0.4, 0.5) is 10.1 Å². The van der Waals surface area contributed by atoms with Crippen LogP contribution in [0.25, 0.3) is 0 Å². The Balaban J connectivity index is 2.06. The van der Waals surface area contributed by atoms with Gasteiger partial charge in [-0.05, 0) is 38.1 Å². The molecule has 8 heteroatoms. The minimum Gasteiger partial charge on any atom is -0.396 e. The molecule has 0 spiro atoms. The van der Waals surface area contributed by atoms with E-state index < -0.39 is 20.7 Å². The van der Waals surface area contributed by atoms with Crippen LogP contribution in [0, 0.1) is 5.82 Å². The van der Waals surface area contributed by atoms with Crippen LogP contribution in [0.5, 0.6) is 0 Å². The number of hydrogen-bond acceptors (Lipinski definition) is 4. The maximum atomic E-state index is 13.8. The highest BCUT2D eigenvalue weighted by Crippen LogP contribution is 2.25. The fourth-order valence-corrected chi connectivity index (χ4v) is 3.64. The monoisotopic (exact) mass is 321 g/mol. The molecule has 1 aromatic rings. The highest BCUT2D eigenvalue weighted by atomic mass is 35.5. The average molecular weight is 322 g/mol. The third-order valence-corrected chi connectivity index (χ3v) is 4.92. The van der Waals surface area contributed by atoms with Crippen molar-refractivity contribution in [2.24, 2.45) is 0 Å². The summed E-state index contributed by atoms with van der Waals surface area (Å²) in [7, 11) is -3.94. The molecule has 1 aromatic carbocycles. The fraction of sp³-hybridized carbons (Fsp3) is 0.500. The topological polar surface area (TPSA) is 75.4 Å². The number of rotatable bonds is 5. The standard InChI is InChI=1S/C12H17ClFN3O2S/c13-9-7-10(15)12(14)11(8-9)20(18,19)16-3-6-17-4-1-2-5-17/h7-8,16H,1-6,15H2. The molecular formula is C12H17ClFN3O2S. The molecule has 1 aliphatic rings. The number of nitrogens with one attached hydrogen (secondary N) is 1. The second kappa shape index (κ2) is 6.26. The van der Waals surface area contributed by atoms with Gasteiger partial charge in [0, 0.05) is 18.1 Å². The van der Waals surface area contributed by atoms with E-state index in [4.69, 9.17) is 17.3 Å². The van der Waals surface area contributed by atoms with Gasteiger partial charge in [0.25, 0.3) is 0 Å². The van der Waals surface area contributed by atoms with Crippen molar-refractivity contribution in [2.45, 2.75) is 17.7 Å². The zero-order valence-corrected chi connectivity index (χ0v) is 12.5. The molecule has 0 unspecified atom stereocenters. The summed E-state index contributed by atoms with van der Waals surface area (Å²) in [4.78, 5) is 1.65. The Kier molecular flexibility index (Phi) is 4.85. The minimum atomic E-state index is -3.94. The number of hydrogen-bond donors (Lipinski definition) is 2. The second-order valence-corrected chi connectivity index (χ2v) is 6.93. The SMILES string of the molecule is Nc1cc(Cl)cc(S(=O)(=O)NCCN2CCCC2)c1F. The Morgan fingerprint density at radius 2 is 2.00 bits per heavy atom. The van der Waals surface area contributed by atoms with Gasteiger partial charge in [-0.1, -0.05) is 11.6 Å². The van der Waals surface area contributed by atoms with E-state index in [1.54, 1.807) is 0 Å². The van der Waals surface area contributed by atoms with Crippen molar-refractivity contribution in [3.63, 3.8) is 0 Å². The first-order chi connectivity index (χ1) is 9.40. The summed E-state index contributed by atoms with van der Waals surface area (Å²) in [6.07, 6.45) is 2.26. The lowest BCUT2D eigenvalue weighted by atomic mass is 10.3. The molecule has 1 aliphatic heterocycles. The molecule has 3 N–H and O–H groups in total. The number of benzene rings is 1. The molecule has 1 heterocycles. The quantitative estimate of drug-likeness (QED) is 0.805. The van der Waals surface area contributed by atoms with Crippen LogP contribution in [0.2, 0.25) is 5.02 Å². The van der Waals surface area contributed by atoms with Crippen LogP contribution in [0.3, 0.4) is 0 Å². The van der Waals surface area contributed by atoms with Gasteiger partial charge in [-0.2, -0.15) is 0 Å². The molecule has 0 aliphatic carbocycles. The number of nitrogens with two attached hydrogens (primary N) is 1. The predicted molar refractivity (Wildman–Crippen MR) is 76.7 cm³/mol. The molecule has 2 rings (SSSR count). The van der Waals surface area contributed by atoms with Gasteiger partial charge in [-0.15, -0.1) is 0 Å². The van der Waals surface area contributed by atoms with Gasteiger partial charge < -0.3 is 10.6 Å². The van der Waals surface area contributed by atoms with E-state index in [2.05, 4.69) is 9.62 Å². The van der Waals surface area contributed by atoms with Crippen molar-refractivity contribution >= 4 is 27.3 Å². The lowest BCUT2D eigenvalue weighted by Gasteiger charge is -2.15. The molecule has 0 radical (unpaired) electrons. The number of halogens is 2. The molecule has 0 atom stereocenters. The van der Waals surface area contributed by atoms with Gasteiger partial charge in [0.05, 0.1) is 5.69 Å². The highest BCUT2D eigenvalue weighted by Gasteiger charge is 2.22. The minimum absolute atomic E-state index is 0.0869. The Hall–Kier alpha value is -0.890. The molecule has 5 nitrogen and oxygen atoms in total. The molecule has 0 bridgehead atoms. The number of likely N-dealkylation sites (tertiary alicyclic amines) is 1. The van der Waals surface area contributed by atoms with Crippen molar-refractivity contribution in [3.8, 4) is 0 Å². The van der Waals surface area contributed by atoms with Crippen LogP contribution in [-0.4, -0.2) is 39.5 Å². The molecule has 0 aromatic heterocycles. The van der Waals surface area contributed by atoms with Gasteiger partial charge in [0.15, 0.2) is 5.82 Å². The van der Waals surface area contributed by atoms with Crippen LogP contribution in [0.15, 0.2) is 17.0 Å². The first kappa shape index (κ1) is 15.5. The number of nitrogen functional groups attached to an aromatic ring is 1. The second-order valence-electron chi connectivity index (χ2n) is 4.75. The Morgan fingerprint density at radius 3 is 2.65 bits per heavy atom. The number of nitrogens with zero attached hydrogens (tertiary/aromatic N) is 1. The largest absolute Gasteiger partial charge is 0.396 e. The third kappa shape index (κ3) is 3.60. The summed E-state index contributed by atoms with van der Waals surface area (Å²) in [6.45, 7) is 2.78. The van der Waals surface area contributed by atoms with Crippen molar-refractivity contribution in [3.05, 3.63) is 23.0 Å². The summed E-state index contributed by atoms with van der Waals surface area (Å²) in [5.41, 5.74) is 5.11. The molecule has 1 saturated heterocycles. The van der Waals surface area contributed by atoms with E-state index >= 15 is 0 Å². The number of anilines is 1. The first-order valence-corrected chi connectivity index (χ1v) is 8.23. The first-order valence-electron chi connectivity index (χ1n) is 6.37. The van der Waals surface area contributed by atoms with Gasteiger partial charge >= 0.3 is 0 Å². The Bertz CT molecular complexity index is 589. The number of sulfonamides is 1. The molecule has 0 amide bonds. The summed E-state index contributed by atoms with van der Waals surface area (Å²) >= 11 is 5.72. The summed E-state index contributed by atoms with van der Waals surface area (Å²) < 4.78 is 40.3. The van der Waals surface area contributed by atoms with E-state index in [0.29, 0.717) is 6.54 Å². The van der Waals surface area contributed by atoms with E-state index in [0.717, 1.165) is 32.0 Å². The molecule has 112 valence electrons. The Labute approximate surface area is 122 Å². The smallest absolute Gasteiger partial charge is 0.243 e. The van der Waals surface area contributed by atoms with Crippen molar-refractivity contribution in [2.75, 3.05) is 31.9 Å². The predicted octanol–water partition coefficient (Wildman–Crippen LogP) is 1.44. The zero-order valence-electron chi connectivity index (χ0n) is 10.9. The third-order valence-electron chi connectivity index (χ3n) is 3.24. The zero-order chi connectivity index (χ0) is 14.8. The normalized spacial score (nSPS) is 16.7. The summed E-state index contributed by atoms with van der Waals surface area (Å²) in [5.74, 6) is -0.969. The fourth-order valence-electron chi connectivity index (χ4n) is 2.20. The van der Waals surface area contributed by atoms with Crippen molar-refractivity contribution in [1.82, 2.24) is 9.62 Å². The van der Waals surface area contributed by atoms with Crippen LogP contribution in [-0.2, 0) is 10.0 Å². The van der Waals surface area contributed by atoms with E-state index in [1.807, 2.05) is 0 Å². The maximum Gasteiger partial charge on any atom is 0.243 e.